The third kappa shape index (κ3) is 4.14. The fourth-order valence-corrected chi connectivity index (χ4v) is 3.47. The largest absolute Gasteiger partial charge is 0.338 e. The quantitative estimate of drug-likeness (QED) is 0.864. The Bertz CT molecular complexity index is 803. The first-order valence-electron chi connectivity index (χ1n) is 8.02. The molecule has 1 aliphatic rings. The zero-order chi connectivity index (χ0) is 18.0. The van der Waals surface area contributed by atoms with Gasteiger partial charge in [0.05, 0.1) is 21.7 Å². The van der Waals surface area contributed by atoms with Gasteiger partial charge in [-0.05, 0) is 24.6 Å². The van der Waals surface area contributed by atoms with Gasteiger partial charge in [-0.15, -0.1) is 0 Å². The van der Waals surface area contributed by atoms with Gasteiger partial charge in [-0.2, -0.15) is 0 Å². The fraction of sp³-hybridized carbons (Fsp3) is 0.263. The average molecular weight is 377 g/mol. The van der Waals surface area contributed by atoms with Crippen LogP contribution in [-0.2, 0) is 16.1 Å². The first-order chi connectivity index (χ1) is 11.9. The molecular weight excluding hydrogens is 359 g/mol. The maximum atomic E-state index is 12.5. The second kappa shape index (κ2) is 7.46. The van der Waals surface area contributed by atoms with Crippen LogP contribution in [0.25, 0.3) is 0 Å². The summed E-state index contributed by atoms with van der Waals surface area (Å²) in [4.78, 5) is 26.5. The molecule has 1 fully saturated rings. The summed E-state index contributed by atoms with van der Waals surface area (Å²) in [6.45, 7) is 2.91. The number of carbonyl (C=O) groups is 2. The third-order valence-electron chi connectivity index (χ3n) is 4.25. The van der Waals surface area contributed by atoms with Gasteiger partial charge in [0, 0.05) is 19.5 Å². The monoisotopic (exact) mass is 376 g/mol. The van der Waals surface area contributed by atoms with E-state index < -0.39 is 5.92 Å². The Labute approximate surface area is 156 Å². The van der Waals surface area contributed by atoms with Crippen molar-refractivity contribution in [3.05, 3.63) is 63.6 Å². The Hall–Kier alpha value is -2.04. The van der Waals surface area contributed by atoms with Crippen molar-refractivity contribution < 1.29 is 9.59 Å². The maximum Gasteiger partial charge on any atom is 0.229 e. The van der Waals surface area contributed by atoms with E-state index in [0.717, 1.165) is 11.1 Å². The molecule has 1 N–H and O–H groups in total. The lowest BCUT2D eigenvalue weighted by Crippen LogP contribution is -2.28. The minimum Gasteiger partial charge on any atom is -0.338 e. The van der Waals surface area contributed by atoms with Crippen LogP contribution in [0.4, 0.5) is 5.69 Å². The summed E-state index contributed by atoms with van der Waals surface area (Å²) >= 11 is 12.2. The lowest BCUT2D eigenvalue weighted by atomic mass is 10.1. The molecule has 0 spiro atoms. The number of halogens is 2. The van der Waals surface area contributed by atoms with Crippen LogP contribution in [0.1, 0.15) is 17.5 Å². The van der Waals surface area contributed by atoms with Crippen LogP contribution in [0, 0.1) is 12.8 Å². The van der Waals surface area contributed by atoms with Crippen molar-refractivity contribution in [3.8, 4) is 0 Å². The average Bonchev–Trinajstić information content (AvgIpc) is 2.92. The van der Waals surface area contributed by atoms with E-state index in [9.17, 15) is 9.59 Å². The van der Waals surface area contributed by atoms with Crippen molar-refractivity contribution in [2.24, 2.45) is 5.92 Å². The molecule has 130 valence electrons. The molecule has 0 saturated carbocycles. The highest BCUT2D eigenvalue weighted by atomic mass is 35.5. The van der Waals surface area contributed by atoms with Crippen LogP contribution in [0.2, 0.25) is 10.0 Å². The van der Waals surface area contributed by atoms with Gasteiger partial charge in [-0.25, -0.2) is 0 Å². The first-order valence-corrected chi connectivity index (χ1v) is 8.78. The highest BCUT2D eigenvalue weighted by molar-refractivity contribution is 6.39. The number of benzene rings is 2. The molecule has 3 rings (SSSR count). The number of anilines is 1. The molecule has 4 nitrogen and oxygen atoms in total. The zero-order valence-corrected chi connectivity index (χ0v) is 15.3. The molecule has 0 aliphatic carbocycles. The fourth-order valence-electron chi connectivity index (χ4n) is 2.97. The molecular formula is C19H18Cl2N2O2. The first kappa shape index (κ1) is 17.8. The number of carbonyl (C=O) groups excluding carboxylic acids is 2. The molecule has 0 radical (unpaired) electrons. The Morgan fingerprint density at radius 3 is 2.56 bits per heavy atom. The number of rotatable bonds is 4. The summed E-state index contributed by atoms with van der Waals surface area (Å²) in [6.07, 6.45) is 0.194. The Kier molecular flexibility index (Phi) is 5.30. The summed E-state index contributed by atoms with van der Waals surface area (Å²) in [5, 5.41) is 3.51. The van der Waals surface area contributed by atoms with Gasteiger partial charge in [-0.1, -0.05) is 59.1 Å². The SMILES string of the molecule is Cc1cccc(CN2CC(C(=O)Nc3c(Cl)cccc3Cl)CC2=O)c1. The number of amides is 2. The van der Waals surface area contributed by atoms with E-state index in [-0.39, 0.29) is 18.2 Å². The van der Waals surface area contributed by atoms with Crippen molar-refractivity contribution in [1.29, 1.82) is 0 Å². The predicted octanol–water partition coefficient (Wildman–Crippen LogP) is 4.29. The maximum absolute atomic E-state index is 12.5. The Balaban J connectivity index is 1.66. The van der Waals surface area contributed by atoms with Gasteiger partial charge < -0.3 is 10.2 Å². The van der Waals surface area contributed by atoms with Gasteiger partial charge in [-0.3, -0.25) is 9.59 Å². The van der Waals surface area contributed by atoms with Gasteiger partial charge in [0.15, 0.2) is 0 Å². The van der Waals surface area contributed by atoms with Crippen LogP contribution in [0.15, 0.2) is 42.5 Å². The van der Waals surface area contributed by atoms with Gasteiger partial charge in [0.2, 0.25) is 11.8 Å². The van der Waals surface area contributed by atoms with E-state index >= 15 is 0 Å². The number of hydrogen-bond acceptors (Lipinski definition) is 2. The van der Waals surface area contributed by atoms with Gasteiger partial charge >= 0.3 is 0 Å². The summed E-state index contributed by atoms with van der Waals surface area (Å²) in [5.41, 5.74) is 2.59. The second-order valence-corrected chi connectivity index (χ2v) is 7.06. The number of nitrogens with one attached hydrogen (secondary N) is 1. The minimum atomic E-state index is -0.412. The summed E-state index contributed by atoms with van der Waals surface area (Å²) in [7, 11) is 0. The topological polar surface area (TPSA) is 49.4 Å². The zero-order valence-electron chi connectivity index (χ0n) is 13.8. The number of likely N-dealkylation sites (tertiary alicyclic amines) is 1. The lowest BCUT2D eigenvalue weighted by molar-refractivity contribution is -0.128. The van der Waals surface area contributed by atoms with Crippen molar-refractivity contribution in [3.63, 3.8) is 0 Å². The number of aryl methyl sites for hydroxylation is 1. The normalized spacial score (nSPS) is 17.0. The molecule has 1 saturated heterocycles. The molecule has 6 heteroatoms. The van der Waals surface area contributed by atoms with Crippen LogP contribution < -0.4 is 5.32 Å². The van der Waals surface area contributed by atoms with Crippen molar-refractivity contribution >= 4 is 40.7 Å². The Morgan fingerprint density at radius 2 is 1.88 bits per heavy atom. The van der Waals surface area contributed by atoms with Crippen LogP contribution in [0.5, 0.6) is 0 Å². The highest BCUT2D eigenvalue weighted by Crippen LogP contribution is 2.31. The Morgan fingerprint density at radius 1 is 1.20 bits per heavy atom. The molecule has 0 bridgehead atoms. The molecule has 1 aliphatic heterocycles. The molecule has 1 atom stereocenters. The number of para-hydroxylation sites is 1. The number of hydrogen-bond donors (Lipinski definition) is 1. The smallest absolute Gasteiger partial charge is 0.229 e. The van der Waals surface area contributed by atoms with E-state index in [4.69, 9.17) is 23.2 Å². The minimum absolute atomic E-state index is 0.0214. The third-order valence-corrected chi connectivity index (χ3v) is 4.88. The van der Waals surface area contributed by atoms with Gasteiger partial charge in [0.1, 0.15) is 0 Å². The molecule has 25 heavy (non-hydrogen) atoms. The van der Waals surface area contributed by atoms with E-state index in [1.54, 1.807) is 23.1 Å². The van der Waals surface area contributed by atoms with E-state index in [1.807, 2.05) is 31.2 Å². The van der Waals surface area contributed by atoms with Crippen LogP contribution in [0.3, 0.4) is 0 Å². The number of nitrogens with zero attached hydrogens (tertiary/aromatic N) is 1. The van der Waals surface area contributed by atoms with E-state index in [1.165, 1.54) is 0 Å². The van der Waals surface area contributed by atoms with Crippen molar-refractivity contribution in [2.75, 3.05) is 11.9 Å². The second-order valence-electron chi connectivity index (χ2n) is 6.25. The van der Waals surface area contributed by atoms with Gasteiger partial charge in [0.25, 0.3) is 0 Å². The summed E-state index contributed by atoms with van der Waals surface area (Å²) < 4.78 is 0. The molecule has 2 aromatic carbocycles. The van der Waals surface area contributed by atoms with Crippen LogP contribution >= 0.6 is 23.2 Å². The summed E-state index contributed by atoms with van der Waals surface area (Å²) in [5.74, 6) is -0.674. The lowest BCUT2D eigenvalue weighted by Gasteiger charge is -2.17. The van der Waals surface area contributed by atoms with Crippen molar-refractivity contribution in [2.45, 2.75) is 19.9 Å². The van der Waals surface area contributed by atoms with E-state index in [2.05, 4.69) is 5.32 Å². The molecule has 2 amide bonds. The van der Waals surface area contributed by atoms with E-state index in [0.29, 0.717) is 28.8 Å². The van der Waals surface area contributed by atoms with Crippen LogP contribution in [-0.4, -0.2) is 23.3 Å². The molecule has 0 aromatic heterocycles. The predicted molar refractivity (Wildman–Crippen MR) is 99.8 cm³/mol. The standard InChI is InChI=1S/C19H18Cl2N2O2/c1-12-4-2-5-13(8-12)10-23-11-14(9-17(23)24)19(25)22-18-15(20)6-3-7-16(18)21/h2-8,14H,9-11H2,1H3,(H,22,25). The molecule has 1 unspecified atom stereocenters. The van der Waals surface area contributed by atoms with Crippen molar-refractivity contribution in [1.82, 2.24) is 4.90 Å². The summed E-state index contributed by atoms with van der Waals surface area (Å²) in [6, 6.07) is 13.0. The molecule has 2 aromatic rings. The highest BCUT2D eigenvalue weighted by Gasteiger charge is 2.34. The molecule has 1 heterocycles.